The fraction of sp³-hybridized carbons (Fsp3) is 0.409. The molecule has 6 heteroatoms. The first kappa shape index (κ1) is 19.9. The molecule has 1 aliphatic rings. The van der Waals surface area contributed by atoms with Crippen molar-refractivity contribution in [2.45, 2.75) is 33.6 Å². The summed E-state index contributed by atoms with van der Waals surface area (Å²) in [7, 11) is 0. The number of para-hydroxylation sites is 1. The maximum atomic E-state index is 12.7. The molecule has 0 radical (unpaired) electrons. The number of rotatable bonds is 5. The number of aryl methyl sites for hydroxylation is 3. The van der Waals surface area contributed by atoms with E-state index >= 15 is 0 Å². The Balaban J connectivity index is 1.49. The second kappa shape index (κ2) is 8.87. The SMILES string of the molecule is Cc1cc(C)c(NC(=O)C2CCN(C(=O)COc3ccccc3)CC2)c(C)n1. The summed E-state index contributed by atoms with van der Waals surface area (Å²) in [4.78, 5) is 31.2. The Labute approximate surface area is 165 Å². The largest absolute Gasteiger partial charge is 0.484 e. The zero-order valence-corrected chi connectivity index (χ0v) is 16.7. The minimum Gasteiger partial charge on any atom is -0.484 e. The molecule has 0 spiro atoms. The van der Waals surface area contributed by atoms with Crippen LogP contribution in [0.15, 0.2) is 36.4 Å². The van der Waals surface area contributed by atoms with Crippen molar-refractivity contribution < 1.29 is 14.3 Å². The highest BCUT2D eigenvalue weighted by atomic mass is 16.5. The predicted molar refractivity (Wildman–Crippen MR) is 108 cm³/mol. The summed E-state index contributed by atoms with van der Waals surface area (Å²) in [5, 5.41) is 3.04. The van der Waals surface area contributed by atoms with E-state index in [0.717, 1.165) is 22.6 Å². The van der Waals surface area contributed by atoms with Gasteiger partial charge in [0.1, 0.15) is 5.75 Å². The van der Waals surface area contributed by atoms with Crippen molar-refractivity contribution in [3.63, 3.8) is 0 Å². The molecule has 6 nitrogen and oxygen atoms in total. The van der Waals surface area contributed by atoms with Crippen molar-refractivity contribution in [2.75, 3.05) is 25.0 Å². The van der Waals surface area contributed by atoms with E-state index in [1.54, 1.807) is 4.90 Å². The van der Waals surface area contributed by atoms with E-state index in [2.05, 4.69) is 10.3 Å². The van der Waals surface area contributed by atoms with Crippen molar-refractivity contribution in [3.8, 4) is 5.75 Å². The molecule has 28 heavy (non-hydrogen) atoms. The molecule has 0 saturated carbocycles. The van der Waals surface area contributed by atoms with Gasteiger partial charge in [-0.25, -0.2) is 0 Å². The number of amides is 2. The van der Waals surface area contributed by atoms with Gasteiger partial charge in [0.25, 0.3) is 5.91 Å². The van der Waals surface area contributed by atoms with Gasteiger partial charge in [-0.3, -0.25) is 14.6 Å². The Morgan fingerprint density at radius 1 is 1.14 bits per heavy atom. The first-order chi connectivity index (χ1) is 13.4. The minimum atomic E-state index is -0.0980. The number of aromatic nitrogens is 1. The van der Waals surface area contributed by atoms with Crippen molar-refractivity contribution >= 4 is 17.5 Å². The monoisotopic (exact) mass is 381 g/mol. The van der Waals surface area contributed by atoms with Gasteiger partial charge in [0.05, 0.1) is 11.4 Å². The second-order valence-electron chi connectivity index (χ2n) is 7.29. The fourth-order valence-electron chi connectivity index (χ4n) is 3.58. The molecule has 0 aliphatic carbocycles. The number of carbonyl (C=O) groups excluding carboxylic acids is 2. The number of carbonyl (C=O) groups is 2. The van der Waals surface area contributed by atoms with Crippen LogP contribution in [-0.2, 0) is 9.59 Å². The molecule has 3 rings (SSSR count). The molecule has 1 aromatic carbocycles. The standard InChI is InChI=1S/C22H27N3O3/c1-15-13-16(2)23-17(3)21(15)24-22(27)18-9-11-25(12-10-18)20(26)14-28-19-7-5-4-6-8-19/h4-8,13,18H,9-12,14H2,1-3H3,(H,24,27). The third kappa shape index (κ3) is 4.88. The normalized spacial score (nSPS) is 14.6. The van der Waals surface area contributed by atoms with Gasteiger partial charge in [-0.2, -0.15) is 0 Å². The van der Waals surface area contributed by atoms with E-state index in [1.807, 2.05) is 57.2 Å². The van der Waals surface area contributed by atoms with Crippen LogP contribution in [0.4, 0.5) is 5.69 Å². The Hall–Kier alpha value is -2.89. The number of hydrogen-bond acceptors (Lipinski definition) is 4. The topological polar surface area (TPSA) is 71.5 Å². The van der Waals surface area contributed by atoms with E-state index in [0.29, 0.717) is 31.7 Å². The lowest BCUT2D eigenvalue weighted by Crippen LogP contribution is -2.43. The smallest absolute Gasteiger partial charge is 0.260 e. The predicted octanol–water partition coefficient (Wildman–Crippen LogP) is 3.26. The van der Waals surface area contributed by atoms with Crippen LogP contribution in [-0.4, -0.2) is 41.4 Å². The highest BCUT2D eigenvalue weighted by molar-refractivity contribution is 5.94. The Morgan fingerprint density at radius 2 is 1.82 bits per heavy atom. The maximum absolute atomic E-state index is 12.7. The van der Waals surface area contributed by atoms with Crippen molar-refractivity contribution in [1.29, 1.82) is 0 Å². The molecule has 1 aliphatic heterocycles. The first-order valence-corrected chi connectivity index (χ1v) is 9.65. The number of nitrogens with zero attached hydrogens (tertiary/aromatic N) is 2. The van der Waals surface area contributed by atoms with Crippen LogP contribution in [0.2, 0.25) is 0 Å². The van der Waals surface area contributed by atoms with E-state index in [-0.39, 0.29) is 24.3 Å². The fourth-order valence-corrected chi connectivity index (χ4v) is 3.58. The number of benzene rings is 1. The van der Waals surface area contributed by atoms with Gasteiger partial charge in [0.15, 0.2) is 6.61 Å². The molecular formula is C22H27N3O3. The summed E-state index contributed by atoms with van der Waals surface area (Å²) in [5.74, 6) is 0.545. The van der Waals surface area contributed by atoms with Crippen LogP contribution in [0.5, 0.6) is 5.75 Å². The molecule has 1 aromatic heterocycles. The lowest BCUT2D eigenvalue weighted by molar-refractivity contribution is -0.136. The summed E-state index contributed by atoms with van der Waals surface area (Å²) in [6.45, 7) is 6.99. The molecular weight excluding hydrogens is 354 g/mol. The molecule has 0 bridgehead atoms. The Bertz CT molecular complexity index is 820. The summed E-state index contributed by atoms with van der Waals surface area (Å²) in [6.07, 6.45) is 1.31. The van der Waals surface area contributed by atoms with Crippen LogP contribution >= 0.6 is 0 Å². The number of piperidine rings is 1. The van der Waals surface area contributed by atoms with Gasteiger partial charge in [0, 0.05) is 24.7 Å². The molecule has 1 fully saturated rings. The van der Waals surface area contributed by atoms with Crippen LogP contribution < -0.4 is 10.1 Å². The van der Waals surface area contributed by atoms with Gasteiger partial charge in [0.2, 0.25) is 5.91 Å². The zero-order valence-electron chi connectivity index (χ0n) is 16.7. The van der Waals surface area contributed by atoms with Crippen molar-refractivity contribution in [1.82, 2.24) is 9.88 Å². The summed E-state index contributed by atoms with van der Waals surface area (Å²) >= 11 is 0. The molecule has 2 aromatic rings. The van der Waals surface area contributed by atoms with Gasteiger partial charge >= 0.3 is 0 Å². The average Bonchev–Trinajstić information content (AvgIpc) is 2.69. The van der Waals surface area contributed by atoms with Crippen LogP contribution in [0.1, 0.15) is 29.8 Å². The molecule has 1 N–H and O–H groups in total. The van der Waals surface area contributed by atoms with E-state index in [4.69, 9.17) is 4.74 Å². The number of likely N-dealkylation sites (tertiary alicyclic amines) is 1. The summed E-state index contributed by atoms with van der Waals surface area (Å²) in [6, 6.07) is 11.3. The van der Waals surface area contributed by atoms with Gasteiger partial charge in [-0.05, 0) is 57.4 Å². The first-order valence-electron chi connectivity index (χ1n) is 9.65. The highest BCUT2D eigenvalue weighted by Gasteiger charge is 2.28. The van der Waals surface area contributed by atoms with Crippen molar-refractivity contribution in [2.24, 2.45) is 5.92 Å². The molecule has 0 atom stereocenters. The lowest BCUT2D eigenvalue weighted by Gasteiger charge is -2.31. The highest BCUT2D eigenvalue weighted by Crippen LogP contribution is 2.23. The molecule has 1 saturated heterocycles. The minimum absolute atomic E-state index is 0.00416. The van der Waals surface area contributed by atoms with E-state index < -0.39 is 0 Å². The number of hydrogen-bond donors (Lipinski definition) is 1. The quantitative estimate of drug-likeness (QED) is 0.863. The Morgan fingerprint density at radius 3 is 2.46 bits per heavy atom. The Kier molecular flexibility index (Phi) is 6.29. The summed E-state index contributed by atoms with van der Waals surface area (Å²) in [5.41, 5.74) is 3.59. The van der Waals surface area contributed by atoms with Crippen molar-refractivity contribution in [3.05, 3.63) is 53.3 Å². The summed E-state index contributed by atoms with van der Waals surface area (Å²) < 4.78 is 5.53. The molecule has 0 unspecified atom stereocenters. The van der Waals surface area contributed by atoms with Gasteiger partial charge in [-0.15, -0.1) is 0 Å². The van der Waals surface area contributed by atoms with Crippen LogP contribution in [0.25, 0.3) is 0 Å². The van der Waals surface area contributed by atoms with E-state index in [1.165, 1.54) is 0 Å². The van der Waals surface area contributed by atoms with Gasteiger partial charge in [-0.1, -0.05) is 18.2 Å². The number of pyridine rings is 1. The lowest BCUT2D eigenvalue weighted by atomic mass is 9.95. The van der Waals surface area contributed by atoms with E-state index in [9.17, 15) is 9.59 Å². The molecule has 148 valence electrons. The number of ether oxygens (including phenoxy) is 1. The van der Waals surface area contributed by atoms with Crippen LogP contribution in [0.3, 0.4) is 0 Å². The zero-order chi connectivity index (χ0) is 20.1. The molecule has 2 amide bonds. The maximum Gasteiger partial charge on any atom is 0.260 e. The number of nitrogens with one attached hydrogen (secondary N) is 1. The third-order valence-corrected chi connectivity index (χ3v) is 5.10. The number of anilines is 1. The van der Waals surface area contributed by atoms with Gasteiger partial charge < -0.3 is 15.0 Å². The second-order valence-corrected chi connectivity index (χ2v) is 7.29. The third-order valence-electron chi connectivity index (χ3n) is 5.10. The molecule has 2 heterocycles. The van der Waals surface area contributed by atoms with Crippen LogP contribution in [0, 0.1) is 26.7 Å². The average molecular weight is 381 g/mol.